The van der Waals surface area contributed by atoms with Crippen molar-refractivity contribution in [1.29, 1.82) is 0 Å². The summed E-state index contributed by atoms with van der Waals surface area (Å²) in [6, 6.07) is 16.6. The van der Waals surface area contributed by atoms with E-state index in [1.54, 1.807) is 0 Å². The molecule has 0 aliphatic rings. The van der Waals surface area contributed by atoms with Gasteiger partial charge in [0.1, 0.15) is 5.65 Å². The highest BCUT2D eigenvalue weighted by Crippen LogP contribution is 2.25. The highest BCUT2D eigenvalue weighted by molar-refractivity contribution is 5.67. The normalized spacial score (nSPS) is 10.9. The number of hydrogen-bond acceptors (Lipinski definition) is 1. The Morgan fingerprint density at radius 1 is 1.00 bits per heavy atom. The highest BCUT2D eigenvalue weighted by Gasteiger charge is 2.12. The summed E-state index contributed by atoms with van der Waals surface area (Å²) in [4.78, 5) is 4.74. The fraction of sp³-hybridized carbons (Fsp3) is 0.188. The zero-order valence-electron chi connectivity index (χ0n) is 10.5. The van der Waals surface area contributed by atoms with Gasteiger partial charge >= 0.3 is 0 Å². The highest BCUT2D eigenvalue weighted by atomic mass is 15.0. The Hall–Kier alpha value is -2.09. The van der Waals surface area contributed by atoms with E-state index in [0.29, 0.717) is 0 Å². The molecule has 0 spiro atoms. The summed E-state index contributed by atoms with van der Waals surface area (Å²) in [5, 5.41) is 0. The molecule has 0 aliphatic carbocycles. The second kappa shape index (κ2) is 4.65. The molecule has 18 heavy (non-hydrogen) atoms. The molecule has 1 aromatic carbocycles. The quantitative estimate of drug-likeness (QED) is 0.673. The average Bonchev–Trinajstić information content (AvgIpc) is 2.78. The van der Waals surface area contributed by atoms with Gasteiger partial charge in [-0.3, -0.25) is 4.40 Å². The predicted molar refractivity (Wildman–Crippen MR) is 74.6 cm³/mol. The topological polar surface area (TPSA) is 17.3 Å². The zero-order chi connectivity index (χ0) is 12.4. The monoisotopic (exact) mass is 236 g/mol. The summed E-state index contributed by atoms with van der Waals surface area (Å²) in [5.41, 5.74) is 4.68. The van der Waals surface area contributed by atoms with E-state index >= 15 is 0 Å². The summed E-state index contributed by atoms with van der Waals surface area (Å²) < 4.78 is 2.18. The molecule has 0 bridgehead atoms. The molecular weight excluding hydrogens is 220 g/mol. The van der Waals surface area contributed by atoms with Crippen molar-refractivity contribution in [1.82, 2.24) is 9.38 Å². The molecule has 0 atom stereocenters. The molecule has 2 aromatic heterocycles. The largest absolute Gasteiger partial charge is 0.299 e. The lowest BCUT2D eigenvalue weighted by atomic mass is 10.1. The van der Waals surface area contributed by atoms with Crippen LogP contribution in [-0.4, -0.2) is 9.38 Å². The van der Waals surface area contributed by atoms with Gasteiger partial charge < -0.3 is 0 Å². The number of aromatic nitrogens is 2. The third kappa shape index (κ3) is 1.80. The molecule has 2 heteroatoms. The number of rotatable bonds is 3. The molecule has 0 aliphatic heterocycles. The molecule has 3 aromatic rings. The van der Waals surface area contributed by atoms with Crippen LogP contribution in [0.15, 0.2) is 54.7 Å². The minimum atomic E-state index is 1.02. The van der Waals surface area contributed by atoms with Crippen molar-refractivity contribution < 1.29 is 0 Å². The van der Waals surface area contributed by atoms with E-state index in [0.717, 1.165) is 18.5 Å². The number of nitrogens with zero attached hydrogens (tertiary/aromatic N) is 2. The molecule has 2 heterocycles. The van der Waals surface area contributed by atoms with Crippen molar-refractivity contribution in [2.75, 3.05) is 0 Å². The minimum absolute atomic E-state index is 1.02. The third-order valence-corrected chi connectivity index (χ3v) is 3.14. The Labute approximate surface area is 107 Å². The number of imidazole rings is 1. The van der Waals surface area contributed by atoms with Crippen LogP contribution in [-0.2, 0) is 6.42 Å². The first-order valence-electron chi connectivity index (χ1n) is 6.41. The number of hydrogen-bond donors (Lipinski definition) is 0. The van der Waals surface area contributed by atoms with Crippen molar-refractivity contribution in [2.45, 2.75) is 19.8 Å². The van der Waals surface area contributed by atoms with Gasteiger partial charge in [0, 0.05) is 11.8 Å². The van der Waals surface area contributed by atoms with Gasteiger partial charge in [0.2, 0.25) is 0 Å². The molecule has 0 fully saturated rings. The number of fused-ring (bicyclic) bond motifs is 1. The van der Waals surface area contributed by atoms with E-state index in [1.165, 1.54) is 17.0 Å². The van der Waals surface area contributed by atoms with Crippen LogP contribution in [0.2, 0.25) is 0 Å². The van der Waals surface area contributed by atoms with E-state index in [2.05, 4.69) is 53.9 Å². The first kappa shape index (κ1) is 11.0. The Kier molecular flexibility index (Phi) is 2.85. The predicted octanol–water partition coefficient (Wildman–Crippen LogP) is 3.95. The van der Waals surface area contributed by atoms with E-state index in [1.807, 2.05) is 12.1 Å². The first-order valence-corrected chi connectivity index (χ1v) is 6.41. The van der Waals surface area contributed by atoms with Crippen molar-refractivity contribution in [3.63, 3.8) is 0 Å². The van der Waals surface area contributed by atoms with Crippen molar-refractivity contribution in [2.24, 2.45) is 0 Å². The fourth-order valence-corrected chi connectivity index (χ4v) is 2.36. The Bertz CT molecular complexity index is 653. The van der Waals surface area contributed by atoms with Crippen molar-refractivity contribution in [3.05, 3.63) is 60.4 Å². The number of benzene rings is 1. The molecule has 0 unspecified atom stereocenters. The maximum absolute atomic E-state index is 4.74. The molecule has 3 rings (SSSR count). The van der Waals surface area contributed by atoms with Crippen LogP contribution >= 0.6 is 0 Å². The number of aryl methyl sites for hydroxylation is 1. The van der Waals surface area contributed by atoms with Gasteiger partial charge in [-0.15, -0.1) is 0 Å². The summed E-state index contributed by atoms with van der Waals surface area (Å²) in [5.74, 6) is 0. The third-order valence-electron chi connectivity index (χ3n) is 3.14. The van der Waals surface area contributed by atoms with Crippen LogP contribution in [0.4, 0.5) is 0 Å². The van der Waals surface area contributed by atoms with Crippen LogP contribution in [0.1, 0.15) is 19.0 Å². The van der Waals surface area contributed by atoms with Crippen molar-refractivity contribution in [3.8, 4) is 11.3 Å². The maximum atomic E-state index is 4.74. The van der Waals surface area contributed by atoms with E-state index < -0.39 is 0 Å². The average molecular weight is 236 g/mol. The number of pyridine rings is 1. The minimum Gasteiger partial charge on any atom is -0.299 e. The summed E-state index contributed by atoms with van der Waals surface area (Å²) in [7, 11) is 0. The second-order valence-electron chi connectivity index (χ2n) is 4.45. The molecule has 90 valence electrons. The van der Waals surface area contributed by atoms with Crippen molar-refractivity contribution >= 4 is 5.65 Å². The lowest BCUT2D eigenvalue weighted by Crippen LogP contribution is -1.91. The SMILES string of the molecule is CCCc1nc2ccccn2c1-c1ccccc1. The maximum Gasteiger partial charge on any atom is 0.137 e. The Morgan fingerprint density at radius 2 is 1.78 bits per heavy atom. The van der Waals surface area contributed by atoms with Crippen LogP contribution < -0.4 is 0 Å². The lowest BCUT2D eigenvalue weighted by molar-refractivity contribution is 0.896. The van der Waals surface area contributed by atoms with Gasteiger partial charge in [0.05, 0.1) is 11.4 Å². The van der Waals surface area contributed by atoms with Gasteiger partial charge in [-0.05, 0) is 18.6 Å². The van der Waals surface area contributed by atoms with Crippen LogP contribution in [0, 0.1) is 0 Å². The first-order chi connectivity index (χ1) is 8.90. The standard InChI is InChI=1S/C16H16N2/c1-2-8-14-16(13-9-4-3-5-10-13)18-12-7-6-11-15(18)17-14/h3-7,9-12H,2,8H2,1H3. The smallest absolute Gasteiger partial charge is 0.137 e. The molecule has 2 nitrogen and oxygen atoms in total. The molecule has 0 N–H and O–H groups in total. The lowest BCUT2D eigenvalue weighted by Gasteiger charge is -2.04. The Balaban J connectivity index is 2.28. The molecular formula is C16H16N2. The van der Waals surface area contributed by atoms with Gasteiger partial charge in [-0.25, -0.2) is 4.98 Å². The fourth-order valence-electron chi connectivity index (χ4n) is 2.36. The van der Waals surface area contributed by atoms with E-state index in [9.17, 15) is 0 Å². The van der Waals surface area contributed by atoms with Crippen LogP contribution in [0.25, 0.3) is 16.9 Å². The Morgan fingerprint density at radius 3 is 2.56 bits per heavy atom. The summed E-state index contributed by atoms with van der Waals surface area (Å²) >= 11 is 0. The molecule has 0 amide bonds. The van der Waals surface area contributed by atoms with Gasteiger partial charge in [-0.1, -0.05) is 49.7 Å². The van der Waals surface area contributed by atoms with Crippen LogP contribution in [0.3, 0.4) is 0 Å². The second-order valence-corrected chi connectivity index (χ2v) is 4.45. The zero-order valence-corrected chi connectivity index (χ0v) is 10.5. The van der Waals surface area contributed by atoms with Gasteiger partial charge in [0.25, 0.3) is 0 Å². The summed E-state index contributed by atoms with van der Waals surface area (Å²) in [6.07, 6.45) is 4.22. The summed E-state index contributed by atoms with van der Waals surface area (Å²) in [6.45, 7) is 2.19. The van der Waals surface area contributed by atoms with E-state index in [-0.39, 0.29) is 0 Å². The van der Waals surface area contributed by atoms with Crippen LogP contribution in [0.5, 0.6) is 0 Å². The van der Waals surface area contributed by atoms with E-state index in [4.69, 9.17) is 4.98 Å². The molecule has 0 radical (unpaired) electrons. The van der Waals surface area contributed by atoms with Gasteiger partial charge in [-0.2, -0.15) is 0 Å². The molecule has 0 saturated carbocycles. The van der Waals surface area contributed by atoms with Gasteiger partial charge in [0.15, 0.2) is 0 Å². The molecule has 0 saturated heterocycles.